The van der Waals surface area contributed by atoms with Crippen LogP contribution in [0.4, 0.5) is 16.2 Å². The van der Waals surface area contributed by atoms with E-state index >= 15 is 0 Å². The van der Waals surface area contributed by atoms with Crippen molar-refractivity contribution in [3.63, 3.8) is 0 Å². The molecule has 0 aliphatic carbocycles. The number of imide groups is 1. The van der Waals surface area contributed by atoms with E-state index in [1.807, 2.05) is 29.2 Å². The average Bonchev–Trinajstić information content (AvgIpc) is 3.66. The van der Waals surface area contributed by atoms with E-state index in [1.54, 1.807) is 24.3 Å². The second-order valence-electron chi connectivity index (χ2n) is 10.3. The first-order chi connectivity index (χ1) is 20.7. The summed E-state index contributed by atoms with van der Waals surface area (Å²) in [6.45, 7) is 1.41. The molecule has 4 N–H and O–H groups in total. The lowest BCUT2D eigenvalue weighted by Gasteiger charge is -2.15. The zero-order valence-corrected chi connectivity index (χ0v) is 22.8. The number of nitrogens with zero attached hydrogens (tertiary/aromatic N) is 3. The number of likely N-dealkylation sites (tertiary alicyclic amines) is 1. The Kier molecular flexibility index (Phi) is 7.16. The third kappa shape index (κ3) is 5.71. The number of fused-ring (bicyclic) bond motifs is 1. The Balaban J connectivity index is 1.37. The number of aromatic hydroxyl groups is 1. The Hall–Kier alpha value is -5.78. The number of aliphatic imine (C=N–C) groups is 1. The van der Waals surface area contributed by atoms with Crippen LogP contribution in [0.5, 0.6) is 5.88 Å². The van der Waals surface area contributed by atoms with E-state index in [0.717, 1.165) is 18.5 Å². The molecule has 0 saturated carbocycles. The molecule has 12 nitrogen and oxygen atoms in total. The molecular formula is C31H26N6O6. The predicted octanol–water partition coefficient (Wildman–Crippen LogP) is 4.30. The van der Waals surface area contributed by atoms with Crippen LogP contribution in [0.3, 0.4) is 0 Å². The van der Waals surface area contributed by atoms with Crippen molar-refractivity contribution in [1.29, 1.82) is 0 Å². The lowest BCUT2D eigenvalue weighted by molar-refractivity contribution is -0.384. The number of nitrogens with one attached hydrogen (secondary N) is 3. The van der Waals surface area contributed by atoms with Crippen LogP contribution in [0, 0.1) is 10.1 Å². The first kappa shape index (κ1) is 27.4. The molecule has 1 aromatic heterocycles. The fourth-order valence-corrected chi connectivity index (χ4v) is 5.24. The van der Waals surface area contributed by atoms with Crippen LogP contribution in [0.25, 0.3) is 17.0 Å². The number of non-ortho nitro benzene ring substituents is 1. The summed E-state index contributed by atoms with van der Waals surface area (Å²) < 4.78 is 0. The molecule has 0 unspecified atom stereocenters. The number of benzene rings is 3. The molecule has 2 saturated heterocycles. The van der Waals surface area contributed by atoms with Gasteiger partial charge in [-0.1, -0.05) is 36.4 Å². The summed E-state index contributed by atoms with van der Waals surface area (Å²) >= 11 is 0. The maximum atomic E-state index is 12.0. The topological polar surface area (TPSA) is 170 Å². The van der Waals surface area contributed by atoms with Crippen LogP contribution in [-0.2, 0) is 16.0 Å². The number of rotatable bonds is 8. The van der Waals surface area contributed by atoms with Gasteiger partial charge in [0.05, 0.1) is 21.9 Å². The molecule has 0 radical (unpaired) electrons. The lowest BCUT2D eigenvalue weighted by Crippen LogP contribution is -2.26. The number of carbonyl (C=O) groups is 3. The molecule has 6 rings (SSSR count). The van der Waals surface area contributed by atoms with Gasteiger partial charge in [0.2, 0.25) is 5.91 Å². The summed E-state index contributed by atoms with van der Waals surface area (Å²) in [5, 5.41) is 27.5. The molecule has 0 bridgehead atoms. The Morgan fingerprint density at radius 3 is 2.44 bits per heavy atom. The Morgan fingerprint density at radius 2 is 1.79 bits per heavy atom. The number of aromatic nitrogens is 1. The highest BCUT2D eigenvalue weighted by atomic mass is 16.6. The van der Waals surface area contributed by atoms with Crippen molar-refractivity contribution in [2.24, 2.45) is 4.99 Å². The summed E-state index contributed by atoms with van der Waals surface area (Å²) in [4.78, 5) is 55.9. The number of carbonyl (C=O) groups excluding carboxylic acids is 3. The molecule has 0 atom stereocenters. The van der Waals surface area contributed by atoms with Gasteiger partial charge in [-0.2, -0.15) is 0 Å². The fraction of sp³-hybridized carbons (Fsp3) is 0.161. The molecule has 0 spiro atoms. The molecule has 4 amide bonds. The molecule has 4 aromatic rings. The zero-order chi connectivity index (χ0) is 30.1. The van der Waals surface area contributed by atoms with Gasteiger partial charge in [-0.25, -0.2) is 9.79 Å². The number of aromatic amines is 1. The summed E-state index contributed by atoms with van der Waals surface area (Å²) in [7, 11) is 0. The van der Waals surface area contributed by atoms with Gasteiger partial charge in [-0.05, 0) is 48.2 Å². The van der Waals surface area contributed by atoms with Crippen LogP contribution in [0.2, 0.25) is 0 Å². The van der Waals surface area contributed by atoms with E-state index < -0.39 is 16.9 Å². The SMILES string of the molecule is O=C1NC(=O)/C(=C\c2ccc(N=C(c3ccc(CCN4CCCC4=O)cc3)c3c(O)[nH]c4ccc([N+](=O)[O-])cc34)cc2)N1. The number of hydrogen-bond donors (Lipinski definition) is 4. The third-order valence-corrected chi connectivity index (χ3v) is 7.44. The van der Waals surface area contributed by atoms with Crippen LogP contribution in [0.1, 0.15) is 35.1 Å². The molecular weight excluding hydrogens is 552 g/mol. The monoisotopic (exact) mass is 578 g/mol. The Bertz CT molecular complexity index is 1840. The van der Waals surface area contributed by atoms with Crippen LogP contribution in [0.15, 0.2) is 77.4 Å². The van der Waals surface area contributed by atoms with E-state index in [2.05, 4.69) is 15.6 Å². The molecule has 2 fully saturated rings. The van der Waals surface area contributed by atoms with E-state index in [0.29, 0.717) is 58.4 Å². The van der Waals surface area contributed by atoms with Gasteiger partial charge in [0.25, 0.3) is 11.6 Å². The second kappa shape index (κ2) is 11.2. The van der Waals surface area contributed by atoms with Gasteiger partial charge in [0, 0.05) is 48.1 Å². The Labute approximate surface area is 244 Å². The van der Waals surface area contributed by atoms with E-state index in [4.69, 9.17) is 4.99 Å². The third-order valence-electron chi connectivity index (χ3n) is 7.44. The van der Waals surface area contributed by atoms with Crippen LogP contribution in [-0.4, -0.2) is 56.6 Å². The maximum Gasteiger partial charge on any atom is 0.326 e. The van der Waals surface area contributed by atoms with Crippen molar-refractivity contribution in [2.45, 2.75) is 19.3 Å². The molecule has 2 aliphatic heterocycles. The molecule has 216 valence electrons. The van der Waals surface area contributed by atoms with Crippen molar-refractivity contribution < 1.29 is 24.4 Å². The zero-order valence-electron chi connectivity index (χ0n) is 22.8. The van der Waals surface area contributed by atoms with Gasteiger partial charge < -0.3 is 20.3 Å². The van der Waals surface area contributed by atoms with Crippen molar-refractivity contribution in [3.8, 4) is 5.88 Å². The van der Waals surface area contributed by atoms with Crippen molar-refractivity contribution in [1.82, 2.24) is 20.5 Å². The summed E-state index contributed by atoms with van der Waals surface area (Å²) in [6.07, 6.45) is 3.70. The molecule has 12 heteroatoms. The first-order valence-electron chi connectivity index (χ1n) is 13.6. The summed E-state index contributed by atoms with van der Waals surface area (Å²) in [5.74, 6) is -0.530. The highest BCUT2D eigenvalue weighted by Crippen LogP contribution is 2.34. The standard InChI is InChI=1S/C31H26N6O6/c38-26-2-1-14-36(26)15-13-18-3-7-20(8-4-18)28(27-23-17-22(37(42)43)11-12-24(23)33-30(27)40)32-21-9-5-19(6-10-21)16-25-29(39)35-31(41)34-25/h3-12,16-17,33,40H,1-2,13-15H2,(H2,34,35,39,41)/b25-16+,32-28?. The summed E-state index contributed by atoms with van der Waals surface area (Å²) in [5.41, 5.74) is 4.08. The Morgan fingerprint density at radius 1 is 1.02 bits per heavy atom. The van der Waals surface area contributed by atoms with E-state index in [1.165, 1.54) is 24.3 Å². The number of hydrogen-bond acceptors (Lipinski definition) is 7. The second-order valence-corrected chi connectivity index (χ2v) is 10.3. The molecule has 3 heterocycles. The van der Waals surface area contributed by atoms with Crippen molar-refractivity contribution in [3.05, 3.63) is 105 Å². The predicted molar refractivity (Wildman–Crippen MR) is 159 cm³/mol. The fourth-order valence-electron chi connectivity index (χ4n) is 5.24. The number of nitro benzene ring substituents is 1. The molecule has 2 aliphatic rings. The largest absolute Gasteiger partial charge is 0.494 e. The van der Waals surface area contributed by atoms with Gasteiger partial charge in [0.15, 0.2) is 5.88 Å². The first-order valence-corrected chi connectivity index (χ1v) is 13.6. The highest BCUT2D eigenvalue weighted by molar-refractivity contribution is 6.22. The van der Waals surface area contributed by atoms with E-state index in [-0.39, 0.29) is 23.2 Å². The maximum absolute atomic E-state index is 12.0. The van der Waals surface area contributed by atoms with Crippen LogP contribution < -0.4 is 10.6 Å². The quantitative estimate of drug-likeness (QED) is 0.0799. The highest BCUT2D eigenvalue weighted by Gasteiger charge is 2.24. The molecule has 3 aromatic carbocycles. The normalized spacial score (nSPS) is 16.3. The van der Waals surface area contributed by atoms with Gasteiger partial charge >= 0.3 is 6.03 Å². The number of H-pyrrole nitrogens is 1. The number of nitro groups is 1. The molecule has 43 heavy (non-hydrogen) atoms. The van der Waals surface area contributed by atoms with Gasteiger partial charge in [0.1, 0.15) is 5.70 Å². The summed E-state index contributed by atoms with van der Waals surface area (Å²) in [6, 6.07) is 18.2. The number of amides is 4. The van der Waals surface area contributed by atoms with Crippen molar-refractivity contribution >= 4 is 51.9 Å². The van der Waals surface area contributed by atoms with Crippen LogP contribution >= 0.6 is 0 Å². The minimum atomic E-state index is -0.587. The van der Waals surface area contributed by atoms with Crippen molar-refractivity contribution in [2.75, 3.05) is 13.1 Å². The van der Waals surface area contributed by atoms with Gasteiger partial charge in [-0.3, -0.25) is 25.0 Å². The minimum absolute atomic E-state index is 0.126. The van der Waals surface area contributed by atoms with Gasteiger partial charge in [-0.15, -0.1) is 0 Å². The minimum Gasteiger partial charge on any atom is -0.494 e. The smallest absolute Gasteiger partial charge is 0.326 e. The van der Waals surface area contributed by atoms with E-state index in [9.17, 15) is 29.6 Å². The lowest BCUT2D eigenvalue weighted by atomic mass is 9.98. The average molecular weight is 579 g/mol. The number of urea groups is 1.